The number of benzene rings is 1. The first-order valence-corrected chi connectivity index (χ1v) is 9.96. The zero-order valence-corrected chi connectivity index (χ0v) is 15.5. The molecule has 0 saturated heterocycles. The maximum absolute atomic E-state index is 12.0. The van der Waals surface area contributed by atoms with Gasteiger partial charge in [-0.15, -0.1) is 0 Å². The van der Waals surface area contributed by atoms with Crippen LogP contribution in [0.2, 0.25) is 0 Å². The zero-order chi connectivity index (χ0) is 18.4. The lowest BCUT2D eigenvalue weighted by Crippen LogP contribution is -2.39. The topological polar surface area (TPSA) is 93.1 Å². The van der Waals surface area contributed by atoms with Crippen LogP contribution in [0.25, 0.3) is 0 Å². The molecule has 25 heavy (non-hydrogen) atoms. The van der Waals surface area contributed by atoms with Gasteiger partial charge in [0.15, 0.2) is 9.84 Å². The molecular formula is C17H24N4O3S. The number of carbonyl (C=O) groups excluding carboxylic acids is 1. The maximum atomic E-state index is 12.0. The van der Waals surface area contributed by atoms with Gasteiger partial charge in [0, 0.05) is 31.7 Å². The van der Waals surface area contributed by atoms with Crippen molar-refractivity contribution in [1.82, 2.24) is 20.4 Å². The highest BCUT2D eigenvalue weighted by Gasteiger charge is 2.12. The second-order valence-electron chi connectivity index (χ2n) is 6.25. The van der Waals surface area contributed by atoms with E-state index < -0.39 is 9.84 Å². The summed E-state index contributed by atoms with van der Waals surface area (Å²) < 4.78 is 24.8. The first kappa shape index (κ1) is 19.0. The fourth-order valence-corrected chi connectivity index (χ4v) is 3.02. The van der Waals surface area contributed by atoms with E-state index in [1.807, 2.05) is 30.8 Å². The van der Waals surface area contributed by atoms with Gasteiger partial charge in [-0.25, -0.2) is 13.2 Å². The summed E-state index contributed by atoms with van der Waals surface area (Å²) >= 11 is 0. The molecule has 2 rings (SSSR count). The van der Waals surface area contributed by atoms with E-state index in [-0.39, 0.29) is 22.9 Å². The minimum absolute atomic E-state index is 0.227. The summed E-state index contributed by atoms with van der Waals surface area (Å²) in [5.41, 5.74) is 0.840. The van der Waals surface area contributed by atoms with Crippen LogP contribution in [0.1, 0.15) is 25.5 Å². The van der Waals surface area contributed by atoms with Crippen molar-refractivity contribution < 1.29 is 13.2 Å². The molecule has 2 unspecified atom stereocenters. The molecule has 2 aromatic rings. The molecule has 0 saturated carbocycles. The molecule has 2 atom stereocenters. The van der Waals surface area contributed by atoms with Crippen molar-refractivity contribution in [2.75, 3.05) is 12.8 Å². The van der Waals surface area contributed by atoms with E-state index in [9.17, 15) is 13.2 Å². The Morgan fingerprint density at radius 3 is 2.48 bits per heavy atom. The Balaban J connectivity index is 1.81. The lowest BCUT2D eigenvalue weighted by Gasteiger charge is -2.17. The molecule has 1 aromatic carbocycles. The van der Waals surface area contributed by atoms with E-state index in [1.54, 1.807) is 30.5 Å². The highest BCUT2D eigenvalue weighted by atomic mass is 32.2. The second kappa shape index (κ2) is 8.15. The summed E-state index contributed by atoms with van der Waals surface area (Å²) in [6.45, 7) is 5.15. The standard InChI is InChI=1S/C17H24N4O3S/c1-13(12-21-10-4-9-19-21)11-18-17(22)20-14(2)15-5-7-16(8-6-15)25(3,23)24/h4-10,13-14H,11-12H2,1-3H3,(H2,18,20,22). The lowest BCUT2D eigenvalue weighted by molar-refractivity contribution is 0.235. The Morgan fingerprint density at radius 1 is 1.24 bits per heavy atom. The number of nitrogens with zero attached hydrogens (tertiary/aromatic N) is 2. The maximum Gasteiger partial charge on any atom is 0.315 e. The number of aromatic nitrogens is 2. The summed E-state index contributed by atoms with van der Waals surface area (Å²) in [5.74, 6) is 0.245. The molecule has 0 aliphatic heterocycles. The summed E-state index contributed by atoms with van der Waals surface area (Å²) in [6, 6.07) is 7.90. The quantitative estimate of drug-likeness (QED) is 0.786. The van der Waals surface area contributed by atoms with Crippen molar-refractivity contribution in [2.45, 2.75) is 31.3 Å². The number of hydrogen-bond acceptors (Lipinski definition) is 4. The average molecular weight is 364 g/mol. The molecule has 2 amide bonds. The Bertz CT molecular complexity index is 786. The Labute approximate surface area is 148 Å². The van der Waals surface area contributed by atoms with Crippen LogP contribution in [0.15, 0.2) is 47.6 Å². The molecule has 136 valence electrons. The van der Waals surface area contributed by atoms with Gasteiger partial charge in [0.05, 0.1) is 10.9 Å². The summed E-state index contributed by atoms with van der Waals surface area (Å²) in [4.78, 5) is 12.3. The summed E-state index contributed by atoms with van der Waals surface area (Å²) in [7, 11) is -3.21. The number of rotatable bonds is 7. The minimum Gasteiger partial charge on any atom is -0.338 e. The van der Waals surface area contributed by atoms with Crippen molar-refractivity contribution in [3.8, 4) is 0 Å². The van der Waals surface area contributed by atoms with Gasteiger partial charge in [0.2, 0.25) is 0 Å². The van der Waals surface area contributed by atoms with Crippen molar-refractivity contribution in [3.05, 3.63) is 48.3 Å². The smallest absolute Gasteiger partial charge is 0.315 e. The highest BCUT2D eigenvalue weighted by Crippen LogP contribution is 2.16. The third-order valence-electron chi connectivity index (χ3n) is 3.82. The number of amides is 2. The van der Waals surface area contributed by atoms with Gasteiger partial charge in [0.1, 0.15) is 0 Å². The van der Waals surface area contributed by atoms with Gasteiger partial charge in [-0.05, 0) is 36.6 Å². The predicted molar refractivity (Wildman–Crippen MR) is 95.9 cm³/mol. The molecule has 0 spiro atoms. The molecule has 1 heterocycles. The van der Waals surface area contributed by atoms with Crippen LogP contribution in [0.4, 0.5) is 4.79 Å². The van der Waals surface area contributed by atoms with E-state index in [2.05, 4.69) is 15.7 Å². The number of nitrogens with one attached hydrogen (secondary N) is 2. The highest BCUT2D eigenvalue weighted by molar-refractivity contribution is 7.90. The van der Waals surface area contributed by atoms with Crippen LogP contribution in [-0.4, -0.2) is 37.0 Å². The van der Waals surface area contributed by atoms with Crippen LogP contribution < -0.4 is 10.6 Å². The first-order chi connectivity index (χ1) is 11.8. The summed E-state index contributed by atoms with van der Waals surface area (Å²) in [6.07, 6.45) is 4.78. The van der Waals surface area contributed by atoms with E-state index >= 15 is 0 Å². The van der Waals surface area contributed by atoms with Crippen molar-refractivity contribution in [3.63, 3.8) is 0 Å². The number of hydrogen-bond donors (Lipinski definition) is 2. The minimum atomic E-state index is -3.21. The SMILES string of the molecule is CC(CNC(=O)NC(C)c1ccc(S(C)(=O)=O)cc1)Cn1cccn1. The molecule has 2 N–H and O–H groups in total. The third kappa shape index (κ3) is 5.90. The molecule has 0 fully saturated rings. The molecule has 0 aliphatic rings. The molecule has 0 aliphatic carbocycles. The molecule has 8 heteroatoms. The zero-order valence-electron chi connectivity index (χ0n) is 14.6. The van der Waals surface area contributed by atoms with E-state index in [0.717, 1.165) is 12.1 Å². The van der Waals surface area contributed by atoms with Crippen molar-refractivity contribution >= 4 is 15.9 Å². The first-order valence-electron chi connectivity index (χ1n) is 8.07. The predicted octanol–water partition coefficient (Wildman–Crippen LogP) is 1.98. The van der Waals surface area contributed by atoms with Crippen LogP contribution in [-0.2, 0) is 16.4 Å². The second-order valence-corrected chi connectivity index (χ2v) is 8.27. The van der Waals surface area contributed by atoms with E-state index in [0.29, 0.717) is 6.54 Å². The normalized spacial score (nSPS) is 13.9. The molecular weight excluding hydrogens is 340 g/mol. The van der Waals surface area contributed by atoms with Crippen LogP contribution >= 0.6 is 0 Å². The Hall–Kier alpha value is -2.35. The molecule has 7 nitrogen and oxygen atoms in total. The van der Waals surface area contributed by atoms with Crippen LogP contribution in [0, 0.1) is 5.92 Å². The van der Waals surface area contributed by atoms with E-state index in [4.69, 9.17) is 0 Å². The molecule has 1 aromatic heterocycles. The lowest BCUT2D eigenvalue weighted by atomic mass is 10.1. The third-order valence-corrected chi connectivity index (χ3v) is 4.95. The largest absolute Gasteiger partial charge is 0.338 e. The number of carbonyl (C=O) groups is 1. The van der Waals surface area contributed by atoms with Gasteiger partial charge in [-0.1, -0.05) is 19.1 Å². The van der Waals surface area contributed by atoms with Crippen LogP contribution in [0.5, 0.6) is 0 Å². The molecule has 0 bridgehead atoms. The number of urea groups is 1. The van der Waals surface area contributed by atoms with Gasteiger partial charge < -0.3 is 10.6 Å². The molecule has 0 radical (unpaired) electrons. The van der Waals surface area contributed by atoms with Crippen LogP contribution in [0.3, 0.4) is 0 Å². The van der Waals surface area contributed by atoms with Gasteiger partial charge in [0.25, 0.3) is 0 Å². The summed E-state index contributed by atoms with van der Waals surface area (Å²) in [5, 5.41) is 9.83. The number of sulfone groups is 1. The van der Waals surface area contributed by atoms with E-state index in [1.165, 1.54) is 6.26 Å². The van der Waals surface area contributed by atoms with Gasteiger partial charge in [-0.3, -0.25) is 4.68 Å². The fourth-order valence-electron chi connectivity index (χ4n) is 2.39. The Morgan fingerprint density at radius 2 is 1.92 bits per heavy atom. The Kier molecular flexibility index (Phi) is 6.19. The fraction of sp³-hybridized carbons (Fsp3) is 0.412. The van der Waals surface area contributed by atoms with Crippen molar-refractivity contribution in [2.24, 2.45) is 5.92 Å². The average Bonchev–Trinajstić information content (AvgIpc) is 3.05. The van der Waals surface area contributed by atoms with Gasteiger partial charge >= 0.3 is 6.03 Å². The monoisotopic (exact) mass is 364 g/mol. The van der Waals surface area contributed by atoms with Gasteiger partial charge in [-0.2, -0.15) is 5.10 Å². The van der Waals surface area contributed by atoms with Crippen molar-refractivity contribution in [1.29, 1.82) is 0 Å².